The number of sulfone groups is 1. The van der Waals surface area contributed by atoms with Crippen LogP contribution in [0, 0.1) is 6.92 Å². The van der Waals surface area contributed by atoms with Crippen LogP contribution in [-0.2, 0) is 16.3 Å². The van der Waals surface area contributed by atoms with Crippen LogP contribution < -0.4 is 15.0 Å². The zero-order chi connectivity index (χ0) is 23.5. The number of pyridine rings is 2. The first-order valence-corrected chi connectivity index (χ1v) is 11.6. The molecule has 32 heavy (non-hydrogen) atoms. The van der Waals surface area contributed by atoms with E-state index in [1.807, 2.05) is 6.92 Å². The first-order chi connectivity index (χ1) is 15.3. The van der Waals surface area contributed by atoms with Gasteiger partial charge in [0.15, 0.2) is 9.92 Å². The maximum atomic E-state index is 13.3. The van der Waals surface area contributed by atoms with Crippen LogP contribution in [0.4, 0.5) is 0 Å². The molecule has 0 aliphatic rings. The predicted molar refractivity (Wildman–Crippen MR) is 120 cm³/mol. The number of benzene rings is 1. The average Bonchev–Trinajstić information content (AvgIpc) is 2.77. The fraction of sp³-hybridized carbons (Fsp3) is 0.304. The normalized spacial score (nSPS) is 11.4. The number of hydrogen-bond donors (Lipinski definition) is 2. The van der Waals surface area contributed by atoms with Crippen LogP contribution in [0.1, 0.15) is 31.0 Å². The number of nitrogens with one attached hydrogen (secondary N) is 1. The summed E-state index contributed by atoms with van der Waals surface area (Å²) in [7, 11) is -1.49. The van der Waals surface area contributed by atoms with Gasteiger partial charge in [-0.1, -0.05) is 25.5 Å². The lowest BCUT2D eigenvalue weighted by Gasteiger charge is -2.19. The number of aromatic amines is 1. The molecule has 1 aromatic carbocycles. The summed E-state index contributed by atoms with van der Waals surface area (Å²) >= 11 is 0. The fourth-order valence-corrected chi connectivity index (χ4v) is 4.79. The Hall–Kier alpha value is -3.33. The van der Waals surface area contributed by atoms with Gasteiger partial charge in [-0.05, 0) is 43.5 Å². The van der Waals surface area contributed by atoms with Crippen molar-refractivity contribution < 1.29 is 23.0 Å². The minimum atomic E-state index is -4.41. The van der Waals surface area contributed by atoms with Crippen molar-refractivity contribution in [2.75, 3.05) is 14.2 Å². The van der Waals surface area contributed by atoms with Crippen molar-refractivity contribution in [1.29, 1.82) is 0 Å². The van der Waals surface area contributed by atoms with Crippen molar-refractivity contribution in [3.63, 3.8) is 0 Å². The molecule has 8 nitrogen and oxygen atoms in total. The molecule has 2 heterocycles. The molecule has 0 atom stereocenters. The van der Waals surface area contributed by atoms with Crippen molar-refractivity contribution >= 4 is 9.84 Å². The van der Waals surface area contributed by atoms with E-state index in [4.69, 9.17) is 9.47 Å². The number of unbranched alkanes of at least 4 members (excludes halogenated alkanes) is 1. The third-order valence-corrected chi connectivity index (χ3v) is 6.82. The van der Waals surface area contributed by atoms with Gasteiger partial charge in [0.25, 0.3) is 5.56 Å². The maximum absolute atomic E-state index is 13.3. The highest BCUT2D eigenvalue weighted by atomic mass is 32.2. The topological polar surface area (TPSA) is 119 Å². The van der Waals surface area contributed by atoms with E-state index >= 15 is 0 Å². The van der Waals surface area contributed by atoms with Gasteiger partial charge in [-0.3, -0.25) is 4.79 Å². The van der Waals surface area contributed by atoms with Gasteiger partial charge >= 0.3 is 0 Å². The third-order valence-electron chi connectivity index (χ3n) is 5.11. The first kappa shape index (κ1) is 23.3. The molecule has 9 heteroatoms. The third kappa shape index (κ3) is 4.20. The van der Waals surface area contributed by atoms with E-state index in [2.05, 4.69) is 9.97 Å². The Balaban J connectivity index is 2.40. The Morgan fingerprint density at radius 3 is 2.25 bits per heavy atom. The van der Waals surface area contributed by atoms with Gasteiger partial charge in [0.2, 0.25) is 9.84 Å². The molecular formula is C23H26N2O6S. The number of nitrogens with zero attached hydrogens (tertiary/aromatic N) is 1. The lowest BCUT2D eigenvalue weighted by atomic mass is 9.98. The van der Waals surface area contributed by atoms with Gasteiger partial charge in [-0.2, -0.15) is 0 Å². The van der Waals surface area contributed by atoms with E-state index in [-0.39, 0.29) is 10.6 Å². The first-order valence-electron chi connectivity index (χ1n) is 10.1. The molecule has 0 spiro atoms. The van der Waals surface area contributed by atoms with E-state index in [1.54, 1.807) is 31.2 Å². The Labute approximate surface area is 186 Å². The quantitative estimate of drug-likeness (QED) is 0.529. The van der Waals surface area contributed by atoms with E-state index in [1.165, 1.54) is 26.5 Å². The molecule has 170 valence electrons. The second-order valence-corrected chi connectivity index (χ2v) is 9.14. The average molecular weight is 459 g/mol. The Bertz CT molecular complexity index is 1260. The van der Waals surface area contributed by atoms with Crippen LogP contribution in [-0.4, -0.2) is 37.7 Å². The van der Waals surface area contributed by atoms with Gasteiger partial charge < -0.3 is 19.6 Å². The Morgan fingerprint density at radius 1 is 1.06 bits per heavy atom. The van der Waals surface area contributed by atoms with Gasteiger partial charge in [-0.15, -0.1) is 0 Å². The number of aryl methyl sites for hydroxylation is 2. The summed E-state index contributed by atoms with van der Waals surface area (Å²) < 4.78 is 37.5. The lowest BCUT2D eigenvalue weighted by molar-refractivity contribution is 0.395. The Kier molecular flexibility index (Phi) is 6.88. The number of H-pyrrole nitrogens is 1. The largest absolute Gasteiger partial charge is 0.506 e. The van der Waals surface area contributed by atoms with Crippen molar-refractivity contribution in [3.8, 4) is 28.4 Å². The van der Waals surface area contributed by atoms with Crippen LogP contribution in [0.15, 0.2) is 51.2 Å². The molecule has 3 aromatic rings. The number of hydrogen-bond acceptors (Lipinski definition) is 7. The molecule has 0 aliphatic heterocycles. The van der Waals surface area contributed by atoms with E-state index in [0.29, 0.717) is 35.6 Å². The summed E-state index contributed by atoms with van der Waals surface area (Å²) in [4.78, 5) is 18.8. The van der Waals surface area contributed by atoms with Crippen molar-refractivity contribution in [1.82, 2.24) is 9.97 Å². The number of ether oxygens (including phenoxy) is 2. The SMILES string of the molecule is CCCCc1[nH]c(=O)c(S(=O)(=O)c2ccc(C)cn2)c(O)c1-c1c(OC)cccc1OC. The molecule has 0 bridgehead atoms. The molecule has 0 saturated heterocycles. The van der Waals surface area contributed by atoms with Crippen LogP contribution in [0.2, 0.25) is 0 Å². The molecule has 0 amide bonds. The fourth-order valence-electron chi connectivity index (χ4n) is 3.50. The van der Waals surface area contributed by atoms with E-state index in [9.17, 15) is 18.3 Å². The second kappa shape index (κ2) is 9.44. The predicted octanol–water partition coefficient (Wildman–Crippen LogP) is 3.64. The lowest BCUT2D eigenvalue weighted by Crippen LogP contribution is -2.21. The van der Waals surface area contributed by atoms with Crippen molar-refractivity contribution in [2.45, 2.75) is 43.0 Å². The summed E-state index contributed by atoms with van der Waals surface area (Å²) in [6.07, 6.45) is 3.35. The van der Waals surface area contributed by atoms with Gasteiger partial charge in [0.05, 0.1) is 25.3 Å². The number of rotatable bonds is 8. The smallest absolute Gasteiger partial charge is 0.271 e. The van der Waals surface area contributed by atoms with Gasteiger partial charge in [0, 0.05) is 11.9 Å². The maximum Gasteiger partial charge on any atom is 0.271 e. The summed E-state index contributed by atoms with van der Waals surface area (Å²) in [5.74, 6) is 0.0625. The summed E-state index contributed by atoms with van der Waals surface area (Å²) in [6, 6.07) is 7.93. The highest BCUT2D eigenvalue weighted by Gasteiger charge is 2.32. The van der Waals surface area contributed by atoms with Crippen LogP contribution in [0.25, 0.3) is 11.1 Å². The molecular weight excluding hydrogens is 432 g/mol. The standard InChI is InChI=1S/C23H26N2O6S/c1-5-6-8-15-19(20-16(30-3)9-7-10-17(20)31-4)21(26)22(23(27)25-15)32(28,29)18-12-11-14(2)13-24-18/h7,9-13H,5-6,8H2,1-4H3,(H2,25,26,27). The number of methoxy groups -OCH3 is 2. The minimum absolute atomic E-state index is 0.151. The van der Waals surface area contributed by atoms with Crippen molar-refractivity contribution in [3.05, 3.63) is 58.1 Å². The Morgan fingerprint density at radius 2 is 1.72 bits per heavy atom. The van der Waals surface area contributed by atoms with Crippen LogP contribution in [0.3, 0.4) is 0 Å². The molecule has 0 fully saturated rings. The number of aromatic hydroxyl groups is 1. The van der Waals surface area contributed by atoms with Gasteiger partial charge in [0.1, 0.15) is 17.2 Å². The molecule has 0 unspecified atom stereocenters. The zero-order valence-electron chi connectivity index (χ0n) is 18.4. The van der Waals surface area contributed by atoms with Crippen molar-refractivity contribution in [2.24, 2.45) is 0 Å². The van der Waals surface area contributed by atoms with E-state index in [0.717, 1.165) is 12.0 Å². The van der Waals surface area contributed by atoms with Crippen LogP contribution >= 0.6 is 0 Å². The monoisotopic (exact) mass is 458 g/mol. The molecule has 2 aromatic heterocycles. The van der Waals surface area contributed by atoms with E-state index < -0.39 is 26.0 Å². The zero-order valence-corrected chi connectivity index (χ0v) is 19.2. The highest BCUT2D eigenvalue weighted by Crippen LogP contribution is 2.45. The van der Waals surface area contributed by atoms with Crippen LogP contribution in [0.5, 0.6) is 17.2 Å². The number of aromatic nitrogens is 2. The molecule has 0 aliphatic carbocycles. The van der Waals surface area contributed by atoms with Gasteiger partial charge in [-0.25, -0.2) is 13.4 Å². The molecule has 0 radical (unpaired) electrons. The minimum Gasteiger partial charge on any atom is -0.506 e. The second-order valence-electron chi connectivity index (χ2n) is 7.30. The molecule has 2 N–H and O–H groups in total. The summed E-state index contributed by atoms with van der Waals surface area (Å²) in [5, 5.41) is 10.9. The molecule has 0 saturated carbocycles. The highest BCUT2D eigenvalue weighted by molar-refractivity contribution is 7.91. The summed E-state index contributed by atoms with van der Waals surface area (Å²) in [6.45, 7) is 3.76. The molecule has 3 rings (SSSR count). The summed E-state index contributed by atoms with van der Waals surface area (Å²) in [5.41, 5.74) is 0.752.